The average Bonchev–Trinajstić information content (AvgIpc) is 2.75. The van der Waals surface area contributed by atoms with Crippen LogP contribution in [-0.4, -0.2) is 40.7 Å². The van der Waals surface area contributed by atoms with Crippen LogP contribution in [0.25, 0.3) is 0 Å². The molecule has 1 fully saturated rings. The molecular formula is C12H16N2O4S. The molecule has 0 spiro atoms. The third-order valence-electron chi connectivity index (χ3n) is 3.27. The highest BCUT2D eigenvalue weighted by Gasteiger charge is 2.37. The number of aromatic nitrogens is 1. The Morgan fingerprint density at radius 3 is 2.74 bits per heavy atom. The first kappa shape index (κ1) is 14.0. The molecule has 2 rings (SSSR count). The van der Waals surface area contributed by atoms with Gasteiger partial charge in [-0.25, -0.2) is 4.98 Å². The molecule has 19 heavy (non-hydrogen) atoms. The summed E-state index contributed by atoms with van der Waals surface area (Å²) >= 11 is 1.26. The Morgan fingerprint density at radius 2 is 2.21 bits per heavy atom. The highest BCUT2D eigenvalue weighted by atomic mass is 32.1. The van der Waals surface area contributed by atoms with E-state index in [1.807, 2.05) is 0 Å². The predicted octanol–water partition coefficient (Wildman–Crippen LogP) is 1.21. The maximum Gasteiger partial charge on any atom is 0.305 e. The summed E-state index contributed by atoms with van der Waals surface area (Å²) < 4.78 is 5.25. The molecule has 104 valence electrons. The van der Waals surface area contributed by atoms with Crippen molar-refractivity contribution in [3.05, 3.63) is 16.1 Å². The molecule has 2 N–H and O–H groups in total. The molecule has 0 unspecified atom stereocenters. The number of nitrogens with zero attached hydrogens (tertiary/aromatic N) is 1. The van der Waals surface area contributed by atoms with Gasteiger partial charge in [0.25, 0.3) is 5.91 Å². The Bertz CT molecular complexity index is 480. The van der Waals surface area contributed by atoms with Crippen LogP contribution in [0.4, 0.5) is 0 Å². The summed E-state index contributed by atoms with van der Waals surface area (Å²) in [4.78, 5) is 27.8. The van der Waals surface area contributed by atoms with Crippen molar-refractivity contribution < 1.29 is 19.4 Å². The summed E-state index contributed by atoms with van der Waals surface area (Å²) in [6.07, 6.45) is 0.950. The summed E-state index contributed by atoms with van der Waals surface area (Å²) in [5.74, 6) is -1.16. The van der Waals surface area contributed by atoms with Crippen molar-refractivity contribution in [1.29, 1.82) is 0 Å². The number of rotatable bonds is 4. The third kappa shape index (κ3) is 3.30. The maximum atomic E-state index is 12.2. The second kappa shape index (κ2) is 5.66. The number of aryl methyl sites for hydroxylation is 1. The number of carboxylic acid groups (broad SMARTS) is 1. The Hall–Kier alpha value is -1.47. The van der Waals surface area contributed by atoms with Crippen molar-refractivity contribution in [2.75, 3.05) is 13.2 Å². The van der Waals surface area contributed by atoms with Gasteiger partial charge in [0.2, 0.25) is 0 Å². The van der Waals surface area contributed by atoms with Gasteiger partial charge in [-0.2, -0.15) is 0 Å². The first-order valence-electron chi connectivity index (χ1n) is 6.05. The summed E-state index contributed by atoms with van der Waals surface area (Å²) in [6.45, 7) is 2.70. The van der Waals surface area contributed by atoms with Gasteiger partial charge in [0.1, 0.15) is 4.88 Å². The van der Waals surface area contributed by atoms with Gasteiger partial charge in [-0.15, -0.1) is 11.3 Å². The van der Waals surface area contributed by atoms with Crippen molar-refractivity contribution in [2.45, 2.75) is 31.7 Å². The molecule has 0 aliphatic carbocycles. The minimum absolute atomic E-state index is 0.0834. The van der Waals surface area contributed by atoms with E-state index in [1.54, 1.807) is 12.4 Å². The van der Waals surface area contributed by atoms with Gasteiger partial charge >= 0.3 is 5.97 Å². The highest BCUT2D eigenvalue weighted by molar-refractivity contribution is 7.11. The second-order valence-electron chi connectivity index (χ2n) is 4.68. The van der Waals surface area contributed by atoms with E-state index in [0.29, 0.717) is 36.6 Å². The first-order chi connectivity index (χ1) is 9.02. The van der Waals surface area contributed by atoms with Gasteiger partial charge in [-0.05, 0) is 19.8 Å². The van der Waals surface area contributed by atoms with Crippen LogP contribution in [0.1, 0.15) is 34.6 Å². The number of hydrogen-bond donors (Lipinski definition) is 2. The smallest absolute Gasteiger partial charge is 0.305 e. The van der Waals surface area contributed by atoms with Crippen LogP contribution < -0.4 is 5.32 Å². The number of thiazole rings is 1. The van der Waals surface area contributed by atoms with Crippen LogP contribution >= 0.6 is 11.3 Å². The lowest BCUT2D eigenvalue weighted by Gasteiger charge is -2.36. The monoisotopic (exact) mass is 284 g/mol. The molecule has 1 aliphatic heterocycles. The number of ether oxygens (including phenoxy) is 1. The normalized spacial score (nSPS) is 17.9. The number of amides is 1. The number of hydrogen-bond acceptors (Lipinski definition) is 5. The van der Waals surface area contributed by atoms with E-state index in [0.717, 1.165) is 0 Å². The second-order valence-corrected chi connectivity index (χ2v) is 5.54. The Balaban J connectivity index is 2.14. The van der Waals surface area contributed by atoms with E-state index < -0.39 is 11.5 Å². The van der Waals surface area contributed by atoms with E-state index in [1.165, 1.54) is 11.3 Å². The number of nitrogens with one attached hydrogen (secondary N) is 1. The van der Waals surface area contributed by atoms with Crippen LogP contribution in [-0.2, 0) is 9.53 Å². The Labute approximate surface area is 114 Å². The number of carbonyl (C=O) groups excluding carboxylic acids is 1. The van der Waals surface area contributed by atoms with Crippen LogP contribution in [0, 0.1) is 6.92 Å². The molecule has 0 atom stereocenters. The molecule has 1 aromatic rings. The lowest BCUT2D eigenvalue weighted by Crippen LogP contribution is -2.53. The summed E-state index contributed by atoms with van der Waals surface area (Å²) in [6, 6.07) is 0. The molecule has 1 aromatic heterocycles. The van der Waals surface area contributed by atoms with Crippen LogP contribution in [0.2, 0.25) is 0 Å². The van der Waals surface area contributed by atoms with Gasteiger partial charge < -0.3 is 15.2 Å². The van der Waals surface area contributed by atoms with Gasteiger partial charge in [-0.1, -0.05) is 0 Å². The zero-order chi connectivity index (χ0) is 13.9. The van der Waals surface area contributed by atoms with Crippen molar-refractivity contribution in [2.24, 2.45) is 0 Å². The minimum atomic E-state index is -0.914. The molecule has 7 heteroatoms. The number of carbonyl (C=O) groups is 2. The minimum Gasteiger partial charge on any atom is -0.481 e. The van der Waals surface area contributed by atoms with E-state index in [2.05, 4.69) is 10.3 Å². The zero-order valence-electron chi connectivity index (χ0n) is 10.6. The molecule has 1 saturated heterocycles. The summed E-state index contributed by atoms with van der Waals surface area (Å²) in [7, 11) is 0. The molecule has 0 aromatic carbocycles. The van der Waals surface area contributed by atoms with Crippen molar-refractivity contribution in [3.63, 3.8) is 0 Å². The SMILES string of the molecule is Cc1ncsc1C(=O)NC1(CC(=O)O)CCOCC1. The topological polar surface area (TPSA) is 88.5 Å². The largest absolute Gasteiger partial charge is 0.481 e. The number of aliphatic carboxylic acids is 1. The lowest BCUT2D eigenvalue weighted by molar-refractivity contribution is -0.139. The molecule has 6 nitrogen and oxygen atoms in total. The quantitative estimate of drug-likeness (QED) is 0.867. The fourth-order valence-corrected chi connectivity index (χ4v) is 2.91. The Morgan fingerprint density at radius 1 is 1.53 bits per heavy atom. The van der Waals surface area contributed by atoms with Gasteiger partial charge in [0.15, 0.2) is 0 Å². The zero-order valence-corrected chi connectivity index (χ0v) is 11.5. The molecule has 2 heterocycles. The number of carboxylic acids is 1. The molecule has 1 aliphatic rings. The van der Waals surface area contributed by atoms with Gasteiger partial charge in [0, 0.05) is 13.2 Å². The summed E-state index contributed by atoms with van der Waals surface area (Å²) in [5.41, 5.74) is 1.57. The standard InChI is InChI=1S/C12H16N2O4S/c1-8-10(19-7-13-8)11(17)14-12(6-9(15)16)2-4-18-5-3-12/h7H,2-6H2,1H3,(H,14,17)(H,15,16). The predicted molar refractivity (Wildman–Crippen MR) is 69.4 cm³/mol. The van der Waals surface area contributed by atoms with E-state index in [4.69, 9.17) is 9.84 Å². The average molecular weight is 284 g/mol. The Kier molecular flexibility index (Phi) is 4.16. The molecule has 1 amide bonds. The maximum absolute atomic E-state index is 12.2. The summed E-state index contributed by atoms with van der Waals surface area (Å²) in [5, 5.41) is 11.9. The fraction of sp³-hybridized carbons (Fsp3) is 0.583. The van der Waals surface area contributed by atoms with Crippen LogP contribution in [0.5, 0.6) is 0 Å². The van der Waals surface area contributed by atoms with Gasteiger partial charge in [0.05, 0.1) is 23.2 Å². The third-order valence-corrected chi connectivity index (χ3v) is 4.20. The van der Waals surface area contributed by atoms with Crippen molar-refractivity contribution >= 4 is 23.2 Å². The van der Waals surface area contributed by atoms with Crippen LogP contribution in [0.15, 0.2) is 5.51 Å². The highest BCUT2D eigenvalue weighted by Crippen LogP contribution is 2.26. The molecule has 0 radical (unpaired) electrons. The van der Waals surface area contributed by atoms with Crippen molar-refractivity contribution in [3.8, 4) is 0 Å². The van der Waals surface area contributed by atoms with Gasteiger partial charge in [-0.3, -0.25) is 9.59 Å². The van der Waals surface area contributed by atoms with Crippen molar-refractivity contribution in [1.82, 2.24) is 10.3 Å². The molecular weight excluding hydrogens is 268 g/mol. The van der Waals surface area contributed by atoms with E-state index in [9.17, 15) is 9.59 Å². The van der Waals surface area contributed by atoms with E-state index in [-0.39, 0.29) is 12.3 Å². The molecule has 0 saturated carbocycles. The molecule has 0 bridgehead atoms. The lowest BCUT2D eigenvalue weighted by atomic mass is 9.86. The first-order valence-corrected chi connectivity index (χ1v) is 6.92. The fourth-order valence-electron chi connectivity index (χ4n) is 2.22. The van der Waals surface area contributed by atoms with Crippen LogP contribution in [0.3, 0.4) is 0 Å². The van der Waals surface area contributed by atoms with E-state index >= 15 is 0 Å².